The fourth-order valence-electron chi connectivity index (χ4n) is 1.79. The molecule has 6 heteroatoms. The van der Waals surface area contributed by atoms with Gasteiger partial charge in [0.05, 0.1) is 17.7 Å². The molecular weight excluding hydrogens is 276 g/mol. The normalized spacial score (nSPS) is 11.5. The summed E-state index contributed by atoms with van der Waals surface area (Å²) < 4.78 is 31.4. The van der Waals surface area contributed by atoms with Gasteiger partial charge in [-0.3, -0.25) is 0 Å². The summed E-state index contributed by atoms with van der Waals surface area (Å²) in [5.74, 6) is 0.870. The van der Waals surface area contributed by atoms with E-state index in [1.807, 2.05) is 13.0 Å². The third-order valence-corrected chi connectivity index (χ3v) is 4.48. The molecule has 5 nitrogen and oxygen atoms in total. The lowest BCUT2D eigenvalue weighted by Gasteiger charge is -2.08. The second-order valence-electron chi connectivity index (χ2n) is 4.41. The highest BCUT2D eigenvalue weighted by atomic mass is 32.2. The van der Waals surface area contributed by atoms with Crippen molar-refractivity contribution in [2.24, 2.45) is 0 Å². The molecule has 0 radical (unpaired) electrons. The van der Waals surface area contributed by atoms with E-state index in [4.69, 9.17) is 4.42 Å². The van der Waals surface area contributed by atoms with Crippen LogP contribution in [0.5, 0.6) is 0 Å². The van der Waals surface area contributed by atoms with E-state index in [9.17, 15) is 8.42 Å². The number of nitrogens with one attached hydrogen (secondary N) is 2. The minimum absolute atomic E-state index is 0.263. The first-order valence-corrected chi connectivity index (χ1v) is 7.88. The van der Waals surface area contributed by atoms with Gasteiger partial charge in [-0.05, 0) is 42.8 Å². The van der Waals surface area contributed by atoms with E-state index in [1.54, 1.807) is 37.5 Å². The summed E-state index contributed by atoms with van der Waals surface area (Å²) in [6, 6.07) is 8.54. The van der Waals surface area contributed by atoms with Crippen molar-refractivity contribution in [1.82, 2.24) is 4.72 Å². The second kappa shape index (κ2) is 6.11. The summed E-state index contributed by atoms with van der Waals surface area (Å²) >= 11 is 0. The zero-order chi connectivity index (χ0) is 14.6. The van der Waals surface area contributed by atoms with E-state index < -0.39 is 10.0 Å². The van der Waals surface area contributed by atoms with Crippen LogP contribution in [0.3, 0.4) is 0 Å². The molecule has 1 heterocycles. The molecule has 2 rings (SSSR count). The predicted octanol–water partition coefficient (Wildman–Crippen LogP) is 2.50. The van der Waals surface area contributed by atoms with E-state index in [0.717, 1.165) is 17.0 Å². The van der Waals surface area contributed by atoms with Crippen LogP contribution in [0.25, 0.3) is 0 Å². The summed E-state index contributed by atoms with van der Waals surface area (Å²) in [5.41, 5.74) is 1.93. The molecule has 0 saturated heterocycles. The standard InChI is InChI=1S/C14H18N2O3S/c1-3-16-20(17,18)13-6-4-12(5-7-13)15-10-14-11(2)8-9-19-14/h4-9,15-16H,3,10H2,1-2H3. The fourth-order valence-corrected chi connectivity index (χ4v) is 2.83. The van der Waals surface area contributed by atoms with Gasteiger partial charge in [-0.15, -0.1) is 0 Å². The van der Waals surface area contributed by atoms with Crippen molar-refractivity contribution < 1.29 is 12.8 Å². The molecule has 0 fully saturated rings. The molecule has 2 N–H and O–H groups in total. The Kier molecular flexibility index (Phi) is 4.46. The van der Waals surface area contributed by atoms with Gasteiger partial charge in [0, 0.05) is 12.2 Å². The van der Waals surface area contributed by atoms with Crippen LogP contribution in [0.2, 0.25) is 0 Å². The van der Waals surface area contributed by atoms with Gasteiger partial charge in [-0.2, -0.15) is 0 Å². The molecule has 0 aliphatic heterocycles. The van der Waals surface area contributed by atoms with Gasteiger partial charge in [0.25, 0.3) is 0 Å². The first-order chi connectivity index (χ1) is 9.53. The molecule has 0 bridgehead atoms. The summed E-state index contributed by atoms with van der Waals surface area (Å²) in [4.78, 5) is 0.263. The van der Waals surface area contributed by atoms with E-state index in [1.165, 1.54) is 0 Å². The monoisotopic (exact) mass is 294 g/mol. The zero-order valence-corrected chi connectivity index (χ0v) is 12.3. The maximum atomic E-state index is 11.8. The van der Waals surface area contributed by atoms with Crippen LogP contribution in [0, 0.1) is 6.92 Å². The zero-order valence-electron chi connectivity index (χ0n) is 11.5. The Bertz CT molecular complexity index is 660. The number of rotatable bonds is 6. The van der Waals surface area contributed by atoms with Crippen LogP contribution in [0.4, 0.5) is 5.69 Å². The minimum atomic E-state index is -3.39. The molecule has 2 aromatic rings. The lowest BCUT2D eigenvalue weighted by atomic mass is 10.2. The lowest BCUT2D eigenvalue weighted by molar-refractivity contribution is 0.515. The fraction of sp³-hybridized carbons (Fsp3) is 0.286. The summed E-state index contributed by atoms with van der Waals surface area (Å²) in [6.07, 6.45) is 1.65. The predicted molar refractivity (Wildman–Crippen MR) is 78.1 cm³/mol. The van der Waals surface area contributed by atoms with Gasteiger partial charge in [0.2, 0.25) is 10.0 Å². The number of sulfonamides is 1. The van der Waals surface area contributed by atoms with Gasteiger partial charge in [0.15, 0.2) is 0 Å². The van der Waals surface area contributed by atoms with E-state index in [2.05, 4.69) is 10.0 Å². The van der Waals surface area contributed by atoms with Crippen LogP contribution in [0.15, 0.2) is 45.9 Å². The minimum Gasteiger partial charge on any atom is -0.467 e. The van der Waals surface area contributed by atoms with Crippen LogP contribution in [-0.2, 0) is 16.6 Å². The summed E-state index contributed by atoms with van der Waals surface area (Å²) in [7, 11) is -3.39. The van der Waals surface area contributed by atoms with Crippen LogP contribution < -0.4 is 10.0 Å². The SMILES string of the molecule is CCNS(=O)(=O)c1ccc(NCc2occc2C)cc1. The molecule has 20 heavy (non-hydrogen) atoms. The number of furan rings is 1. The summed E-state index contributed by atoms with van der Waals surface area (Å²) in [5, 5.41) is 3.19. The van der Waals surface area contributed by atoms with Gasteiger partial charge < -0.3 is 9.73 Å². The van der Waals surface area contributed by atoms with Crippen molar-refractivity contribution in [3.8, 4) is 0 Å². The lowest BCUT2D eigenvalue weighted by Crippen LogP contribution is -2.23. The van der Waals surface area contributed by atoms with E-state index in [-0.39, 0.29) is 4.90 Å². The van der Waals surface area contributed by atoms with Gasteiger partial charge in [0.1, 0.15) is 5.76 Å². The van der Waals surface area contributed by atoms with Crippen LogP contribution in [0.1, 0.15) is 18.2 Å². The van der Waals surface area contributed by atoms with Crippen molar-refractivity contribution in [2.75, 3.05) is 11.9 Å². The maximum absolute atomic E-state index is 11.8. The first kappa shape index (κ1) is 14.6. The smallest absolute Gasteiger partial charge is 0.240 e. The Morgan fingerprint density at radius 3 is 2.40 bits per heavy atom. The molecule has 0 aliphatic carbocycles. The van der Waals surface area contributed by atoms with Crippen LogP contribution >= 0.6 is 0 Å². The Balaban J connectivity index is 2.04. The topological polar surface area (TPSA) is 71.3 Å². The Morgan fingerprint density at radius 2 is 1.85 bits per heavy atom. The molecular formula is C14H18N2O3S. The maximum Gasteiger partial charge on any atom is 0.240 e. The van der Waals surface area contributed by atoms with E-state index >= 15 is 0 Å². The third kappa shape index (κ3) is 3.40. The number of benzene rings is 1. The molecule has 0 unspecified atom stereocenters. The molecule has 108 valence electrons. The highest BCUT2D eigenvalue weighted by Gasteiger charge is 2.11. The molecule has 0 spiro atoms. The average molecular weight is 294 g/mol. The molecule has 0 aliphatic rings. The highest BCUT2D eigenvalue weighted by Crippen LogP contribution is 2.16. The molecule has 0 atom stereocenters. The van der Waals surface area contributed by atoms with Gasteiger partial charge in [-0.25, -0.2) is 13.1 Å². The van der Waals surface area contributed by atoms with Crippen molar-refractivity contribution in [3.63, 3.8) is 0 Å². The molecule has 1 aromatic carbocycles. The van der Waals surface area contributed by atoms with E-state index in [0.29, 0.717) is 13.1 Å². The van der Waals surface area contributed by atoms with Gasteiger partial charge >= 0.3 is 0 Å². The summed E-state index contributed by atoms with van der Waals surface area (Å²) in [6.45, 7) is 4.67. The molecule has 1 aromatic heterocycles. The Labute approximate surface area is 119 Å². The van der Waals surface area contributed by atoms with Crippen molar-refractivity contribution in [3.05, 3.63) is 47.9 Å². The van der Waals surface area contributed by atoms with Gasteiger partial charge in [-0.1, -0.05) is 6.92 Å². The quantitative estimate of drug-likeness (QED) is 0.858. The van der Waals surface area contributed by atoms with Crippen LogP contribution in [-0.4, -0.2) is 15.0 Å². The Morgan fingerprint density at radius 1 is 1.15 bits per heavy atom. The Hall–Kier alpha value is -1.79. The third-order valence-electron chi connectivity index (χ3n) is 2.92. The first-order valence-electron chi connectivity index (χ1n) is 6.39. The van der Waals surface area contributed by atoms with Crippen molar-refractivity contribution >= 4 is 15.7 Å². The number of hydrogen-bond acceptors (Lipinski definition) is 4. The second-order valence-corrected chi connectivity index (χ2v) is 6.17. The number of anilines is 1. The number of aryl methyl sites for hydroxylation is 1. The molecule has 0 amide bonds. The highest BCUT2D eigenvalue weighted by molar-refractivity contribution is 7.89. The average Bonchev–Trinajstić information content (AvgIpc) is 2.82. The van der Waals surface area contributed by atoms with Crippen molar-refractivity contribution in [1.29, 1.82) is 0 Å². The number of hydrogen-bond donors (Lipinski definition) is 2. The molecule has 0 saturated carbocycles. The largest absolute Gasteiger partial charge is 0.467 e. The van der Waals surface area contributed by atoms with Crippen molar-refractivity contribution in [2.45, 2.75) is 25.3 Å².